The van der Waals surface area contributed by atoms with Gasteiger partial charge in [-0.3, -0.25) is 4.39 Å². The summed E-state index contributed by atoms with van der Waals surface area (Å²) in [5.74, 6) is -0.552. The predicted octanol–water partition coefficient (Wildman–Crippen LogP) is 7.85. The molecule has 1 aromatic carbocycles. The van der Waals surface area contributed by atoms with Crippen LogP contribution in [0, 0.1) is 29.4 Å². The summed E-state index contributed by atoms with van der Waals surface area (Å²) < 4.78 is 67.2. The normalized spacial score (nSPS) is 29.7. The number of benzene rings is 1. The fourth-order valence-electron chi connectivity index (χ4n) is 5.13. The van der Waals surface area contributed by atoms with Crippen LogP contribution in [0.25, 0.3) is 0 Å². The molecule has 6 heteroatoms. The van der Waals surface area contributed by atoms with E-state index in [2.05, 4.69) is 0 Å². The highest BCUT2D eigenvalue weighted by molar-refractivity contribution is 9.09. The maximum absolute atomic E-state index is 14.1. The lowest BCUT2D eigenvalue weighted by Crippen LogP contribution is -2.25. The molecule has 0 unspecified atom stereocenters. The molecule has 27 heavy (non-hydrogen) atoms. The summed E-state index contributed by atoms with van der Waals surface area (Å²) in [7, 11) is 0. The van der Waals surface area contributed by atoms with Crippen LogP contribution in [0.5, 0.6) is 0 Å². The molecular weight excluding hydrogens is 427 g/mol. The van der Waals surface area contributed by atoms with Crippen molar-refractivity contribution in [2.24, 2.45) is 17.8 Å². The van der Waals surface area contributed by atoms with Crippen molar-refractivity contribution in [2.75, 3.05) is 6.67 Å². The highest BCUT2D eigenvalue weighted by atomic mass is 79.9. The standard InChI is InChI=1S/C21H26BrF5/c22-21(26,27)20-18(24)11-17(12-19(20)25)16-7-5-15(6-8-16)14-3-1-13(2-4-14)9-10-23/h11-16H,1-10H2. The van der Waals surface area contributed by atoms with Gasteiger partial charge in [0.15, 0.2) is 0 Å². The third-order valence-electron chi connectivity index (χ3n) is 6.67. The van der Waals surface area contributed by atoms with Gasteiger partial charge >= 0.3 is 4.83 Å². The lowest BCUT2D eigenvalue weighted by molar-refractivity contribution is 0.105. The molecule has 1 aromatic rings. The first-order valence-corrected chi connectivity index (χ1v) is 10.7. The molecule has 2 aliphatic rings. The molecule has 2 saturated carbocycles. The minimum absolute atomic E-state index is 0.0196. The van der Waals surface area contributed by atoms with E-state index in [1.165, 1.54) is 0 Å². The Bertz CT molecular complexity index is 603. The van der Waals surface area contributed by atoms with Crippen molar-refractivity contribution in [1.29, 1.82) is 0 Å². The molecule has 0 bridgehead atoms. The molecule has 0 radical (unpaired) electrons. The Kier molecular flexibility index (Phi) is 6.86. The Morgan fingerprint density at radius 3 is 1.78 bits per heavy atom. The van der Waals surface area contributed by atoms with Gasteiger partial charge in [0, 0.05) is 0 Å². The van der Waals surface area contributed by atoms with Crippen molar-refractivity contribution in [1.82, 2.24) is 0 Å². The van der Waals surface area contributed by atoms with Crippen molar-refractivity contribution in [2.45, 2.75) is 68.5 Å². The lowest BCUT2D eigenvalue weighted by atomic mass is 9.68. The van der Waals surface area contributed by atoms with Crippen molar-refractivity contribution < 1.29 is 22.0 Å². The van der Waals surface area contributed by atoms with E-state index in [9.17, 15) is 22.0 Å². The van der Waals surface area contributed by atoms with Crippen LogP contribution >= 0.6 is 15.9 Å². The Balaban J connectivity index is 1.58. The smallest absolute Gasteiger partial charge is 0.251 e. The molecule has 2 aliphatic carbocycles. The summed E-state index contributed by atoms with van der Waals surface area (Å²) in [6.07, 6.45) is 8.86. The van der Waals surface area contributed by atoms with Gasteiger partial charge in [-0.05, 0) is 102 Å². The first-order valence-electron chi connectivity index (χ1n) is 9.91. The van der Waals surface area contributed by atoms with E-state index < -0.39 is 22.0 Å². The van der Waals surface area contributed by atoms with Gasteiger partial charge < -0.3 is 0 Å². The summed E-state index contributed by atoms with van der Waals surface area (Å²) in [5, 5.41) is 0. The summed E-state index contributed by atoms with van der Waals surface area (Å²) >= 11 is 2.04. The van der Waals surface area contributed by atoms with E-state index in [-0.39, 0.29) is 12.6 Å². The monoisotopic (exact) mass is 452 g/mol. The molecule has 2 fully saturated rings. The third-order valence-corrected chi connectivity index (χ3v) is 7.06. The van der Waals surface area contributed by atoms with Gasteiger partial charge in [-0.2, -0.15) is 8.78 Å². The quantitative estimate of drug-likeness (QED) is 0.315. The number of alkyl halides is 4. The van der Waals surface area contributed by atoms with Gasteiger partial charge in [0.2, 0.25) is 0 Å². The van der Waals surface area contributed by atoms with Crippen LogP contribution in [0.15, 0.2) is 12.1 Å². The lowest BCUT2D eigenvalue weighted by Gasteiger charge is -2.38. The van der Waals surface area contributed by atoms with Crippen LogP contribution in [-0.4, -0.2) is 6.67 Å². The summed E-state index contributed by atoms with van der Waals surface area (Å²) in [6.45, 7) is -0.229. The maximum Gasteiger partial charge on any atom is 0.332 e. The summed E-state index contributed by atoms with van der Waals surface area (Å²) in [5.41, 5.74) is -0.736. The summed E-state index contributed by atoms with van der Waals surface area (Å²) in [6, 6.07) is 2.14. The van der Waals surface area contributed by atoms with Crippen LogP contribution in [0.2, 0.25) is 0 Å². The second kappa shape index (κ2) is 8.79. The Morgan fingerprint density at radius 2 is 1.33 bits per heavy atom. The molecule has 0 aromatic heterocycles. The molecule has 3 rings (SSSR count). The first kappa shape index (κ1) is 21.1. The summed E-state index contributed by atoms with van der Waals surface area (Å²) in [4.78, 5) is -3.71. The molecule has 0 heterocycles. The molecule has 0 nitrogen and oxygen atoms in total. The van der Waals surface area contributed by atoms with E-state index in [1.807, 2.05) is 15.9 Å². The van der Waals surface area contributed by atoms with Crippen LogP contribution in [0.4, 0.5) is 22.0 Å². The average Bonchev–Trinajstić information content (AvgIpc) is 2.61. The van der Waals surface area contributed by atoms with Crippen LogP contribution in [0.3, 0.4) is 0 Å². The highest BCUT2D eigenvalue weighted by Crippen LogP contribution is 2.45. The minimum atomic E-state index is -3.71. The number of rotatable bonds is 5. The van der Waals surface area contributed by atoms with Crippen molar-refractivity contribution in [3.8, 4) is 0 Å². The number of hydrogen-bond donors (Lipinski definition) is 0. The van der Waals surface area contributed by atoms with E-state index in [0.29, 0.717) is 29.7 Å². The fourth-order valence-corrected chi connectivity index (χ4v) is 5.50. The third kappa shape index (κ3) is 5.04. The molecule has 152 valence electrons. The van der Waals surface area contributed by atoms with Gasteiger partial charge in [-0.15, -0.1) is 0 Å². The van der Waals surface area contributed by atoms with E-state index >= 15 is 0 Å². The zero-order valence-corrected chi connectivity index (χ0v) is 16.9. The largest absolute Gasteiger partial charge is 0.332 e. The fraction of sp³-hybridized carbons (Fsp3) is 0.714. The Morgan fingerprint density at radius 1 is 0.852 bits per heavy atom. The second-order valence-electron chi connectivity index (χ2n) is 8.23. The van der Waals surface area contributed by atoms with E-state index in [1.54, 1.807) is 0 Å². The molecule has 0 amide bonds. The Labute approximate surface area is 166 Å². The van der Waals surface area contributed by atoms with Gasteiger partial charge in [-0.25, -0.2) is 8.78 Å². The maximum atomic E-state index is 14.1. The molecule has 0 spiro atoms. The predicted molar refractivity (Wildman–Crippen MR) is 99.9 cm³/mol. The molecule has 0 aliphatic heterocycles. The minimum Gasteiger partial charge on any atom is -0.251 e. The molecular formula is C21H26BrF5. The zero-order valence-electron chi connectivity index (χ0n) is 15.3. The van der Waals surface area contributed by atoms with Gasteiger partial charge in [0.1, 0.15) is 17.2 Å². The number of halogens is 6. The molecule has 0 saturated heterocycles. The molecule has 0 N–H and O–H groups in total. The molecule has 0 atom stereocenters. The van der Waals surface area contributed by atoms with E-state index in [4.69, 9.17) is 0 Å². The highest BCUT2D eigenvalue weighted by Gasteiger charge is 2.36. The van der Waals surface area contributed by atoms with Gasteiger partial charge in [0.05, 0.1) is 6.67 Å². The van der Waals surface area contributed by atoms with Crippen LogP contribution < -0.4 is 0 Å². The van der Waals surface area contributed by atoms with Crippen molar-refractivity contribution in [3.63, 3.8) is 0 Å². The van der Waals surface area contributed by atoms with E-state index in [0.717, 1.165) is 63.5 Å². The topological polar surface area (TPSA) is 0 Å². The van der Waals surface area contributed by atoms with Crippen LogP contribution in [-0.2, 0) is 4.83 Å². The second-order valence-corrected chi connectivity index (χ2v) is 9.22. The van der Waals surface area contributed by atoms with Gasteiger partial charge in [-0.1, -0.05) is 12.8 Å². The first-order chi connectivity index (χ1) is 12.8. The Hall–Kier alpha value is -0.650. The van der Waals surface area contributed by atoms with Gasteiger partial charge in [0.25, 0.3) is 0 Å². The van der Waals surface area contributed by atoms with Crippen LogP contribution in [0.1, 0.15) is 74.8 Å². The number of hydrogen-bond acceptors (Lipinski definition) is 0. The average molecular weight is 453 g/mol. The SMILES string of the molecule is FCCC1CCC(C2CCC(c3cc(F)c(C(F)(F)Br)c(F)c3)CC2)CC1. The van der Waals surface area contributed by atoms with Crippen molar-refractivity contribution in [3.05, 3.63) is 34.9 Å². The van der Waals surface area contributed by atoms with Crippen molar-refractivity contribution >= 4 is 15.9 Å². The zero-order chi connectivity index (χ0) is 19.6.